The molecule has 0 fully saturated rings. The van der Waals surface area contributed by atoms with Gasteiger partial charge in [0.15, 0.2) is 0 Å². The maximum atomic E-state index is 14.9. The van der Waals surface area contributed by atoms with Crippen LogP contribution < -0.4 is 4.74 Å². The number of benzene rings is 4. The van der Waals surface area contributed by atoms with Crippen molar-refractivity contribution in [1.82, 2.24) is 4.90 Å². The first-order valence-corrected chi connectivity index (χ1v) is 17.1. The van der Waals surface area contributed by atoms with Crippen LogP contribution in [-0.4, -0.2) is 54.9 Å². The minimum Gasteiger partial charge on any atom is -0.491 e. The third-order valence-corrected chi connectivity index (χ3v) is 8.61. The van der Waals surface area contributed by atoms with Crippen LogP contribution in [0.5, 0.6) is 5.75 Å². The molecule has 4 atom stereocenters. The number of methoxy groups -OCH3 is 1. The standard InChI is InChI=1S/C43H49NO6/c1-4-15-37(29-33-17-9-6-10-18-33)42(46)44(31-35-23-25-39(26-24-35)49-28-27-45)40(32-48-3)41(36-21-13-8-14-22-36)50-43(47)38(16-5-2)30-34-19-11-7-12-20-34/h4-14,17-26,37-38,40-41,45H,1-2,15-16,27-32H2,3H3/t37-,38-,40-,41-/m0/s1. The third-order valence-electron chi connectivity index (χ3n) is 8.61. The fourth-order valence-corrected chi connectivity index (χ4v) is 6.12. The van der Waals surface area contributed by atoms with E-state index < -0.39 is 24.0 Å². The van der Waals surface area contributed by atoms with Crippen LogP contribution in [-0.2, 0) is 38.4 Å². The van der Waals surface area contributed by atoms with Crippen LogP contribution in [0, 0.1) is 11.8 Å². The molecule has 4 rings (SSSR count). The van der Waals surface area contributed by atoms with Gasteiger partial charge in [-0.15, -0.1) is 13.2 Å². The van der Waals surface area contributed by atoms with E-state index in [9.17, 15) is 14.7 Å². The van der Waals surface area contributed by atoms with Crippen LogP contribution in [0.4, 0.5) is 0 Å². The molecule has 0 saturated heterocycles. The number of aliphatic hydroxyl groups is 1. The summed E-state index contributed by atoms with van der Waals surface area (Å²) in [4.78, 5) is 30.8. The van der Waals surface area contributed by atoms with Gasteiger partial charge in [0.2, 0.25) is 5.91 Å². The molecule has 0 bridgehead atoms. The van der Waals surface area contributed by atoms with Gasteiger partial charge in [-0.25, -0.2) is 0 Å². The predicted octanol–water partition coefficient (Wildman–Crippen LogP) is 7.56. The molecule has 0 radical (unpaired) electrons. The maximum absolute atomic E-state index is 14.9. The first-order valence-electron chi connectivity index (χ1n) is 17.1. The Bertz CT molecular complexity index is 1590. The summed E-state index contributed by atoms with van der Waals surface area (Å²) in [7, 11) is 1.59. The topological polar surface area (TPSA) is 85.3 Å². The van der Waals surface area contributed by atoms with Crippen molar-refractivity contribution in [2.45, 2.75) is 44.4 Å². The van der Waals surface area contributed by atoms with E-state index in [1.54, 1.807) is 24.2 Å². The molecule has 0 aliphatic rings. The van der Waals surface area contributed by atoms with E-state index in [0.29, 0.717) is 31.4 Å². The van der Waals surface area contributed by atoms with Gasteiger partial charge >= 0.3 is 5.97 Å². The van der Waals surface area contributed by atoms with Crippen LogP contribution in [0.15, 0.2) is 141 Å². The Hall–Kier alpha value is -4.98. The molecule has 1 amide bonds. The summed E-state index contributed by atoms with van der Waals surface area (Å²) in [6.45, 7) is 8.33. The highest BCUT2D eigenvalue weighted by Gasteiger charge is 2.38. The molecular weight excluding hydrogens is 626 g/mol. The van der Waals surface area contributed by atoms with E-state index in [2.05, 4.69) is 13.2 Å². The van der Waals surface area contributed by atoms with E-state index in [1.165, 1.54) is 0 Å². The van der Waals surface area contributed by atoms with Crippen molar-refractivity contribution in [3.63, 3.8) is 0 Å². The Kier molecular flexibility index (Phi) is 15.5. The van der Waals surface area contributed by atoms with Gasteiger partial charge in [-0.1, -0.05) is 115 Å². The van der Waals surface area contributed by atoms with Crippen molar-refractivity contribution >= 4 is 11.9 Å². The number of aliphatic hydroxyl groups excluding tert-OH is 1. The zero-order valence-electron chi connectivity index (χ0n) is 28.9. The van der Waals surface area contributed by atoms with Gasteiger partial charge in [-0.3, -0.25) is 9.59 Å². The molecule has 4 aromatic rings. The molecule has 0 saturated carbocycles. The SMILES string of the molecule is C=CC[C@@H](Cc1ccccc1)C(=O)O[C@@H](c1ccccc1)[C@H](COC)N(Cc1ccc(OCCO)cc1)C(=O)[C@@H](CC=C)Cc1ccccc1. The third kappa shape index (κ3) is 11.3. The number of rotatable bonds is 21. The molecule has 50 heavy (non-hydrogen) atoms. The van der Waals surface area contributed by atoms with Crippen LogP contribution in [0.1, 0.15) is 41.2 Å². The van der Waals surface area contributed by atoms with E-state index in [-0.39, 0.29) is 38.2 Å². The fraction of sp³-hybridized carbons (Fsp3) is 0.302. The molecule has 4 aromatic carbocycles. The molecule has 0 aliphatic heterocycles. The van der Waals surface area contributed by atoms with Gasteiger partial charge in [-0.05, 0) is 60.1 Å². The average molecular weight is 676 g/mol. The van der Waals surface area contributed by atoms with Gasteiger partial charge in [0.1, 0.15) is 18.5 Å². The number of hydrogen-bond donors (Lipinski definition) is 1. The molecule has 7 heteroatoms. The van der Waals surface area contributed by atoms with Crippen LogP contribution in [0.25, 0.3) is 0 Å². The lowest BCUT2D eigenvalue weighted by Crippen LogP contribution is -2.49. The Morgan fingerprint density at radius 1 is 0.740 bits per heavy atom. The minimum atomic E-state index is -0.830. The highest BCUT2D eigenvalue weighted by Crippen LogP contribution is 2.32. The van der Waals surface area contributed by atoms with Crippen LogP contribution >= 0.6 is 0 Å². The quantitative estimate of drug-likeness (QED) is 0.0725. The lowest BCUT2D eigenvalue weighted by atomic mass is 9.92. The highest BCUT2D eigenvalue weighted by molar-refractivity contribution is 5.80. The summed E-state index contributed by atoms with van der Waals surface area (Å²) in [6, 6.07) is 36.1. The summed E-state index contributed by atoms with van der Waals surface area (Å²) in [5.41, 5.74) is 3.69. The van der Waals surface area contributed by atoms with Crippen molar-refractivity contribution in [2.24, 2.45) is 11.8 Å². The summed E-state index contributed by atoms with van der Waals surface area (Å²) >= 11 is 0. The number of nitrogens with zero attached hydrogens (tertiary/aromatic N) is 1. The number of allylic oxidation sites excluding steroid dienone is 2. The lowest BCUT2D eigenvalue weighted by molar-refractivity contribution is -0.164. The summed E-state index contributed by atoms with van der Waals surface area (Å²) < 4.78 is 17.9. The van der Waals surface area contributed by atoms with Gasteiger partial charge in [0, 0.05) is 19.6 Å². The monoisotopic (exact) mass is 675 g/mol. The Labute approximate surface area is 296 Å². The summed E-state index contributed by atoms with van der Waals surface area (Å²) in [6.07, 6.45) is 4.61. The summed E-state index contributed by atoms with van der Waals surface area (Å²) in [5, 5.41) is 9.19. The van der Waals surface area contributed by atoms with E-state index in [0.717, 1.165) is 22.3 Å². The smallest absolute Gasteiger partial charge is 0.310 e. The van der Waals surface area contributed by atoms with Gasteiger partial charge < -0.3 is 24.2 Å². The second kappa shape index (κ2) is 20.5. The summed E-state index contributed by atoms with van der Waals surface area (Å²) in [5.74, 6) is -0.731. The minimum absolute atomic E-state index is 0.0898. The zero-order valence-corrected chi connectivity index (χ0v) is 28.9. The Morgan fingerprint density at radius 3 is 1.82 bits per heavy atom. The first kappa shape index (κ1) is 37.8. The lowest BCUT2D eigenvalue weighted by Gasteiger charge is -2.39. The number of hydrogen-bond acceptors (Lipinski definition) is 6. The molecule has 0 aromatic heterocycles. The second-order valence-electron chi connectivity index (χ2n) is 12.3. The Morgan fingerprint density at radius 2 is 1.28 bits per heavy atom. The van der Waals surface area contributed by atoms with Crippen molar-refractivity contribution in [3.8, 4) is 5.75 Å². The van der Waals surface area contributed by atoms with Crippen molar-refractivity contribution in [1.29, 1.82) is 0 Å². The number of carbonyl (C=O) groups is 2. The van der Waals surface area contributed by atoms with E-state index >= 15 is 0 Å². The second-order valence-corrected chi connectivity index (χ2v) is 12.3. The number of ether oxygens (including phenoxy) is 3. The van der Waals surface area contributed by atoms with Gasteiger partial charge in [0.25, 0.3) is 0 Å². The molecule has 1 N–H and O–H groups in total. The molecule has 0 heterocycles. The Balaban J connectivity index is 1.76. The van der Waals surface area contributed by atoms with Crippen molar-refractivity contribution in [2.75, 3.05) is 26.9 Å². The van der Waals surface area contributed by atoms with Crippen LogP contribution in [0.2, 0.25) is 0 Å². The van der Waals surface area contributed by atoms with Gasteiger partial charge in [-0.2, -0.15) is 0 Å². The first-order chi connectivity index (χ1) is 24.5. The van der Waals surface area contributed by atoms with Gasteiger partial charge in [0.05, 0.1) is 25.2 Å². The molecule has 0 aliphatic carbocycles. The number of esters is 1. The normalized spacial score (nSPS) is 13.3. The maximum Gasteiger partial charge on any atom is 0.310 e. The number of amides is 1. The van der Waals surface area contributed by atoms with Crippen molar-refractivity contribution < 1.29 is 28.9 Å². The van der Waals surface area contributed by atoms with Crippen LogP contribution in [0.3, 0.4) is 0 Å². The predicted molar refractivity (Wildman–Crippen MR) is 197 cm³/mol. The molecular formula is C43H49NO6. The molecule has 262 valence electrons. The highest BCUT2D eigenvalue weighted by atomic mass is 16.5. The molecule has 0 spiro atoms. The van der Waals surface area contributed by atoms with E-state index in [1.807, 2.05) is 115 Å². The zero-order chi connectivity index (χ0) is 35.6. The number of carbonyl (C=O) groups excluding carboxylic acids is 2. The van der Waals surface area contributed by atoms with Crippen molar-refractivity contribution in [3.05, 3.63) is 163 Å². The largest absolute Gasteiger partial charge is 0.491 e. The molecule has 0 unspecified atom stereocenters. The fourth-order valence-electron chi connectivity index (χ4n) is 6.12. The molecule has 7 nitrogen and oxygen atoms in total. The average Bonchev–Trinajstić information content (AvgIpc) is 3.15. The van der Waals surface area contributed by atoms with E-state index in [4.69, 9.17) is 14.2 Å².